The molecule has 0 atom stereocenters. The van der Waals surface area contributed by atoms with Crippen molar-refractivity contribution in [1.82, 2.24) is 5.16 Å². The van der Waals surface area contributed by atoms with Crippen LogP contribution in [0.25, 0.3) is 11.3 Å². The number of carboxylic acid groups (broad SMARTS) is 1. The number of aromatic nitrogens is 1. The third-order valence-corrected chi connectivity index (χ3v) is 2.49. The van der Waals surface area contributed by atoms with Crippen molar-refractivity contribution in [2.45, 2.75) is 6.18 Å². The molecule has 0 unspecified atom stereocenters. The summed E-state index contributed by atoms with van der Waals surface area (Å²) in [6, 6.07) is 4.02. The Morgan fingerprint density at radius 3 is 2.50 bits per heavy atom. The number of methoxy groups -OCH3 is 1. The third-order valence-electron chi connectivity index (χ3n) is 2.49. The van der Waals surface area contributed by atoms with Gasteiger partial charge in [0.25, 0.3) is 0 Å². The lowest BCUT2D eigenvalue weighted by atomic mass is 10.1. The second-order valence-electron chi connectivity index (χ2n) is 3.83. The van der Waals surface area contributed by atoms with Gasteiger partial charge < -0.3 is 14.4 Å². The summed E-state index contributed by atoms with van der Waals surface area (Å²) in [6.45, 7) is 0. The van der Waals surface area contributed by atoms with Crippen LogP contribution < -0.4 is 4.74 Å². The number of carbonyl (C=O) groups is 1. The normalized spacial score (nSPS) is 11.4. The van der Waals surface area contributed by atoms with Crippen LogP contribution in [0.5, 0.6) is 5.75 Å². The molecule has 1 aromatic carbocycles. The smallest absolute Gasteiger partial charge is 0.416 e. The van der Waals surface area contributed by atoms with E-state index >= 15 is 0 Å². The standard InChI is InChI=1S/C12H8F3NO4/c1-19-8-3-6(2-7(4-8)12(13,14)15)9-5-10(11(17)18)20-16-9/h2-5H,1H3,(H,17,18). The highest BCUT2D eigenvalue weighted by atomic mass is 19.4. The van der Waals surface area contributed by atoms with Crippen molar-refractivity contribution in [3.63, 3.8) is 0 Å². The zero-order valence-electron chi connectivity index (χ0n) is 10.1. The van der Waals surface area contributed by atoms with Crippen LogP contribution in [-0.2, 0) is 6.18 Å². The summed E-state index contributed by atoms with van der Waals surface area (Å²) < 4.78 is 47.5. The zero-order valence-corrected chi connectivity index (χ0v) is 10.1. The van der Waals surface area contributed by atoms with E-state index in [-0.39, 0.29) is 17.0 Å². The van der Waals surface area contributed by atoms with Gasteiger partial charge in [-0.2, -0.15) is 13.2 Å². The summed E-state index contributed by atoms with van der Waals surface area (Å²) in [5, 5.41) is 12.1. The van der Waals surface area contributed by atoms with Gasteiger partial charge in [-0.15, -0.1) is 0 Å². The molecule has 0 saturated carbocycles. The molecular weight excluding hydrogens is 279 g/mol. The Balaban J connectivity index is 2.52. The van der Waals surface area contributed by atoms with Gasteiger partial charge in [0.05, 0.1) is 12.7 Å². The average molecular weight is 287 g/mol. The zero-order chi connectivity index (χ0) is 14.9. The molecule has 2 aromatic rings. The predicted molar refractivity (Wildman–Crippen MR) is 60.5 cm³/mol. The molecule has 1 aromatic heterocycles. The first-order valence-electron chi connectivity index (χ1n) is 5.28. The lowest BCUT2D eigenvalue weighted by Gasteiger charge is -2.10. The number of nitrogens with zero attached hydrogens (tertiary/aromatic N) is 1. The van der Waals surface area contributed by atoms with Crippen LogP contribution >= 0.6 is 0 Å². The molecule has 0 saturated heterocycles. The van der Waals surface area contributed by atoms with Crippen molar-refractivity contribution in [2.75, 3.05) is 7.11 Å². The average Bonchev–Trinajstić information content (AvgIpc) is 2.87. The minimum absolute atomic E-state index is 0.0188. The van der Waals surface area contributed by atoms with E-state index in [0.717, 1.165) is 18.2 Å². The van der Waals surface area contributed by atoms with E-state index in [1.54, 1.807) is 0 Å². The van der Waals surface area contributed by atoms with Gasteiger partial charge in [-0.1, -0.05) is 5.16 Å². The molecule has 1 N–H and O–H groups in total. The maximum Gasteiger partial charge on any atom is 0.416 e. The Labute approximate surface area is 110 Å². The molecule has 0 fully saturated rings. The largest absolute Gasteiger partial charge is 0.497 e. The fraction of sp³-hybridized carbons (Fsp3) is 0.167. The molecule has 0 aliphatic carbocycles. The summed E-state index contributed by atoms with van der Waals surface area (Å²) in [5.74, 6) is -1.84. The van der Waals surface area contributed by atoms with E-state index in [2.05, 4.69) is 9.68 Å². The number of hydrogen-bond donors (Lipinski definition) is 1. The predicted octanol–water partition coefficient (Wildman–Crippen LogP) is 3.07. The van der Waals surface area contributed by atoms with Crippen LogP contribution in [0, 0.1) is 0 Å². The highest BCUT2D eigenvalue weighted by Crippen LogP contribution is 2.35. The van der Waals surface area contributed by atoms with Crippen molar-refractivity contribution in [2.24, 2.45) is 0 Å². The summed E-state index contributed by atoms with van der Waals surface area (Å²) in [5.41, 5.74) is -0.897. The molecule has 0 spiro atoms. The Morgan fingerprint density at radius 1 is 1.30 bits per heavy atom. The van der Waals surface area contributed by atoms with E-state index in [9.17, 15) is 18.0 Å². The van der Waals surface area contributed by atoms with Crippen molar-refractivity contribution < 1.29 is 32.3 Å². The first kappa shape index (κ1) is 13.9. The minimum atomic E-state index is -4.55. The molecule has 20 heavy (non-hydrogen) atoms. The Bertz CT molecular complexity index is 648. The van der Waals surface area contributed by atoms with Gasteiger partial charge in [0.2, 0.25) is 5.76 Å². The maximum atomic E-state index is 12.7. The fourth-order valence-electron chi connectivity index (χ4n) is 1.54. The van der Waals surface area contributed by atoms with Gasteiger partial charge in [0.1, 0.15) is 11.4 Å². The van der Waals surface area contributed by atoms with Gasteiger partial charge in [-0.25, -0.2) is 4.79 Å². The summed E-state index contributed by atoms with van der Waals surface area (Å²) in [4.78, 5) is 10.7. The van der Waals surface area contributed by atoms with Gasteiger partial charge >= 0.3 is 12.1 Å². The molecule has 0 aliphatic heterocycles. The lowest BCUT2D eigenvalue weighted by Crippen LogP contribution is -2.05. The number of ether oxygens (including phenoxy) is 1. The highest BCUT2D eigenvalue weighted by Gasteiger charge is 2.31. The topological polar surface area (TPSA) is 72.6 Å². The third kappa shape index (κ3) is 2.73. The van der Waals surface area contributed by atoms with Gasteiger partial charge in [0, 0.05) is 11.6 Å². The summed E-state index contributed by atoms with van der Waals surface area (Å²) >= 11 is 0. The maximum absolute atomic E-state index is 12.7. The number of aromatic carboxylic acids is 1. The van der Waals surface area contributed by atoms with E-state index in [1.807, 2.05) is 0 Å². The van der Waals surface area contributed by atoms with Crippen LogP contribution in [-0.4, -0.2) is 23.3 Å². The quantitative estimate of drug-likeness (QED) is 0.939. The Kier molecular flexibility index (Phi) is 3.39. The first-order chi connectivity index (χ1) is 9.31. The van der Waals surface area contributed by atoms with Crippen LogP contribution in [0.2, 0.25) is 0 Å². The molecule has 0 radical (unpaired) electrons. The second kappa shape index (κ2) is 4.87. The molecule has 0 amide bonds. The van der Waals surface area contributed by atoms with E-state index < -0.39 is 23.5 Å². The molecule has 0 aliphatic rings. The molecule has 2 rings (SSSR count). The van der Waals surface area contributed by atoms with Crippen LogP contribution in [0.3, 0.4) is 0 Å². The molecule has 8 heteroatoms. The second-order valence-corrected chi connectivity index (χ2v) is 3.83. The molecule has 106 valence electrons. The monoisotopic (exact) mass is 287 g/mol. The van der Waals surface area contributed by atoms with Gasteiger partial charge in [-0.3, -0.25) is 0 Å². The van der Waals surface area contributed by atoms with Crippen molar-refractivity contribution >= 4 is 5.97 Å². The Hall–Kier alpha value is -2.51. The molecule has 5 nitrogen and oxygen atoms in total. The highest BCUT2D eigenvalue weighted by molar-refractivity contribution is 5.85. The SMILES string of the molecule is COc1cc(-c2cc(C(=O)O)on2)cc(C(F)(F)F)c1. The number of rotatable bonds is 3. The van der Waals surface area contributed by atoms with Crippen molar-refractivity contribution in [1.29, 1.82) is 0 Å². The van der Waals surface area contributed by atoms with Gasteiger partial charge in [0.15, 0.2) is 0 Å². The van der Waals surface area contributed by atoms with Crippen LogP contribution in [0.1, 0.15) is 16.1 Å². The lowest BCUT2D eigenvalue weighted by molar-refractivity contribution is -0.137. The van der Waals surface area contributed by atoms with Crippen molar-refractivity contribution in [3.05, 3.63) is 35.6 Å². The van der Waals surface area contributed by atoms with E-state index in [0.29, 0.717) is 0 Å². The number of carboxylic acids is 1. The summed E-state index contributed by atoms with van der Waals surface area (Å²) in [6.07, 6.45) is -4.55. The molecular formula is C12H8F3NO4. The molecule has 0 bridgehead atoms. The molecule has 1 heterocycles. The van der Waals surface area contributed by atoms with E-state index in [1.165, 1.54) is 13.2 Å². The first-order valence-corrected chi connectivity index (χ1v) is 5.28. The summed E-state index contributed by atoms with van der Waals surface area (Å²) in [7, 11) is 1.23. The minimum Gasteiger partial charge on any atom is -0.497 e. The number of hydrogen-bond acceptors (Lipinski definition) is 4. The number of halogens is 3. The number of benzene rings is 1. The van der Waals surface area contributed by atoms with Crippen LogP contribution in [0.15, 0.2) is 28.8 Å². The van der Waals surface area contributed by atoms with Gasteiger partial charge in [-0.05, 0) is 18.2 Å². The van der Waals surface area contributed by atoms with E-state index in [4.69, 9.17) is 9.84 Å². The van der Waals surface area contributed by atoms with Crippen LogP contribution in [0.4, 0.5) is 13.2 Å². The Morgan fingerprint density at radius 2 is 2.00 bits per heavy atom. The number of alkyl halides is 3. The van der Waals surface area contributed by atoms with Crippen molar-refractivity contribution in [3.8, 4) is 17.0 Å². The fourth-order valence-corrected chi connectivity index (χ4v) is 1.54.